The molecule has 1 aromatic carbocycles. The van der Waals surface area contributed by atoms with Crippen LogP contribution in [-0.2, 0) is 6.42 Å². The van der Waals surface area contributed by atoms with Crippen LogP contribution in [-0.4, -0.2) is 44.7 Å². The van der Waals surface area contributed by atoms with Crippen LogP contribution < -0.4 is 10.6 Å². The normalized spacial score (nSPS) is 12.8. The number of hydrogen-bond acceptors (Lipinski definition) is 3. The summed E-state index contributed by atoms with van der Waals surface area (Å²) in [5.74, 6) is -0.154. The highest BCUT2D eigenvalue weighted by atomic mass is 19.1. The molecule has 0 aromatic heterocycles. The summed E-state index contributed by atoms with van der Waals surface area (Å²) < 4.78 is 14.2. The third kappa shape index (κ3) is 4.48. The third-order valence-electron chi connectivity index (χ3n) is 3.26. The monoisotopic (exact) mass is 267 g/mol. The first-order chi connectivity index (χ1) is 8.99. The van der Waals surface area contributed by atoms with Crippen molar-refractivity contribution >= 4 is 5.69 Å². The van der Waals surface area contributed by atoms with Crippen LogP contribution in [0.3, 0.4) is 0 Å². The molecule has 108 valence electrons. The minimum absolute atomic E-state index is 0.154. The summed E-state index contributed by atoms with van der Waals surface area (Å²) in [6.45, 7) is 6.42. The lowest BCUT2D eigenvalue weighted by molar-refractivity contribution is 0.371. The van der Waals surface area contributed by atoms with E-state index in [0.29, 0.717) is 12.2 Å². The number of nitrogens with two attached hydrogens (primary N) is 1. The number of hydrogen-bond donors (Lipinski definition) is 1. The fourth-order valence-electron chi connectivity index (χ4n) is 2.45. The van der Waals surface area contributed by atoms with Crippen LogP contribution in [0.1, 0.15) is 19.4 Å². The summed E-state index contributed by atoms with van der Waals surface area (Å²) in [7, 11) is 4.07. The van der Waals surface area contributed by atoms with Gasteiger partial charge in [-0.2, -0.15) is 0 Å². The standard InChI is InChI=1S/C15H26FN3/c1-5-19(12(2)11-18(3)4)15-7-6-13(8-9-17)10-14(15)16/h6-7,10,12H,5,8-9,11,17H2,1-4H3. The van der Waals surface area contributed by atoms with Gasteiger partial charge in [-0.25, -0.2) is 4.39 Å². The highest BCUT2D eigenvalue weighted by Crippen LogP contribution is 2.23. The maximum absolute atomic E-state index is 14.2. The molecule has 0 bridgehead atoms. The minimum atomic E-state index is -0.154. The van der Waals surface area contributed by atoms with Gasteiger partial charge in [0.25, 0.3) is 0 Å². The van der Waals surface area contributed by atoms with Crippen LogP contribution in [0.4, 0.5) is 10.1 Å². The molecule has 1 rings (SSSR count). The van der Waals surface area contributed by atoms with Crippen LogP contribution in [0.2, 0.25) is 0 Å². The van der Waals surface area contributed by atoms with E-state index in [4.69, 9.17) is 5.73 Å². The third-order valence-corrected chi connectivity index (χ3v) is 3.26. The Morgan fingerprint density at radius 1 is 1.32 bits per heavy atom. The molecular weight excluding hydrogens is 241 g/mol. The second-order valence-corrected chi connectivity index (χ2v) is 5.22. The smallest absolute Gasteiger partial charge is 0.146 e. The van der Waals surface area contributed by atoms with E-state index in [1.807, 2.05) is 26.2 Å². The zero-order valence-electron chi connectivity index (χ0n) is 12.5. The van der Waals surface area contributed by atoms with Crippen LogP contribution in [0.5, 0.6) is 0 Å². The summed E-state index contributed by atoms with van der Waals surface area (Å²) in [6.07, 6.45) is 0.719. The Labute approximate surface area is 116 Å². The van der Waals surface area contributed by atoms with Gasteiger partial charge < -0.3 is 15.5 Å². The van der Waals surface area contributed by atoms with E-state index in [1.54, 1.807) is 6.07 Å². The topological polar surface area (TPSA) is 32.5 Å². The van der Waals surface area contributed by atoms with Crippen molar-refractivity contribution in [3.8, 4) is 0 Å². The van der Waals surface area contributed by atoms with E-state index >= 15 is 0 Å². The molecule has 0 fully saturated rings. The quantitative estimate of drug-likeness (QED) is 0.821. The van der Waals surface area contributed by atoms with E-state index in [0.717, 1.165) is 25.1 Å². The fourth-order valence-corrected chi connectivity index (χ4v) is 2.45. The Kier molecular flexibility index (Phi) is 6.25. The van der Waals surface area contributed by atoms with E-state index in [2.05, 4.69) is 23.6 Å². The number of likely N-dealkylation sites (N-methyl/N-ethyl adjacent to an activating group) is 2. The van der Waals surface area contributed by atoms with Gasteiger partial charge >= 0.3 is 0 Å². The number of rotatable bonds is 7. The van der Waals surface area contributed by atoms with Gasteiger partial charge in [0.05, 0.1) is 5.69 Å². The lowest BCUT2D eigenvalue weighted by atomic mass is 10.1. The average Bonchev–Trinajstić information content (AvgIpc) is 2.32. The maximum atomic E-state index is 14.2. The van der Waals surface area contributed by atoms with Crippen molar-refractivity contribution in [1.29, 1.82) is 0 Å². The van der Waals surface area contributed by atoms with Crippen LogP contribution >= 0.6 is 0 Å². The van der Waals surface area contributed by atoms with Crippen molar-refractivity contribution in [2.45, 2.75) is 26.3 Å². The second-order valence-electron chi connectivity index (χ2n) is 5.22. The molecule has 0 amide bonds. The first-order valence-corrected chi connectivity index (χ1v) is 6.89. The van der Waals surface area contributed by atoms with E-state index in [-0.39, 0.29) is 11.9 Å². The molecule has 2 N–H and O–H groups in total. The van der Waals surface area contributed by atoms with Gasteiger partial charge in [0.2, 0.25) is 0 Å². The molecule has 0 radical (unpaired) electrons. The van der Waals surface area contributed by atoms with Gasteiger partial charge in [0.1, 0.15) is 5.82 Å². The molecule has 0 saturated heterocycles. The molecular formula is C15H26FN3. The molecule has 1 atom stereocenters. The lowest BCUT2D eigenvalue weighted by Gasteiger charge is -2.32. The van der Waals surface area contributed by atoms with E-state index in [1.165, 1.54) is 0 Å². The van der Waals surface area contributed by atoms with Crippen molar-refractivity contribution in [3.63, 3.8) is 0 Å². The van der Waals surface area contributed by atoms with Gasteiger partial charge in [-0.05, 0) is 58.6 Å². The Bertz CT molecular complexity index is 393. The van der Waals surface area contributed by atoms with Gasteiger partial charge in [-0.1, -0.05) is 6.07 Å². The summed E-state index contributed by atoms with van der Waals surface area (Å²) in [5.41, 5.74) is 7.14. The van der Waals surface area contributed by atoms with Crippen molar-refractivity contribution in [1.82, 2.24) is 4.90 Å². The number of halogens is 1. The molecule has 1 unspecified atom stereocenters. The molecule has 0 spiro atoms. The van der Waals surface area contributed by atoms with E-state index in [9.17, 15) is 4.39 Å². The molecule has 4 heteroatoms. The van der Waals surface area contributed by atoms with Gasteiger partial charge in [-0.3, -0.25) is 0 Å². The fraction of sp³-hybridized carbons (Fsp3) is 0.600. The Hall–Kier alpha value is -1.13. The minimum Gasteiger partial charge on any atom is -0.365 e. The molecule has 3 nitrogen and oxygen atoms in total. The molecule has 0 saturated carbocycles. The van der Waals surface area contributed by atoms with Crippen LogP contribution in [0.15, 0.2) is 18.2 Å². The van der Waals surface area contributed by atoms with Crippen LogP contribution in [0, 0.1) is 5.82 Å². The van der Waals surface area contributed by atoms with Crippen molar-refractivity contribution in [2.24, 2.45) is 5.73 Å². The Morgan fingerprint density at radius 2 is 2.00 bits per heavy atom. The Morgan fingerprint density at radius 3 is 2.47 bits per heavy atom. The predicted octanol–water partition coefficient (Wildman–Crippen LogP) is 2.10. The highest BCUT2D eigenvalue weighted by Gasteiger charge is 2.17. The van der Waals surface area contributed by atoms with Crippen molar-refractivity contribution in [3.05, 3.63) is 29.6 Å². The predicted molar refractivity (Wildman–Crippen MR) is 80.2 cm³/mol. The zero-order chi connectivity index (χ0) is 14.4. The molecule has 0 heterocycles. The zero-order valence-corrected chi connectivity index (χ0v) is 12.5. The largest absolute Gasteiger partial charge is 0.365 e. The number of anilines is 1. The lowest BCUT2D eigenvalue weighted by Crippen LogP contribution is -2.40. The summed E-state index contributed by atoms with van der Waals surface area (Å²) >= 11 is 0. The summed E-state index contributed by atoms with van der Waals surface area (Å²) in [5, 5.41) is 0. The first kappa shape index (κ1) is 15.9. The van der Waals surface area contributed by atoms with Crippen molar-refractivity contribution in [2.75, 3.05) is 38.6 Å². The first-order valence-electron chi connectivity index (χ1n) is 6.89. The van der Waals surface area contributed by atoms with Gasteiger partial charge in [0.15, 0.2) is 0 Å². The molecule has 19 heavy (non-hydrogen) atoms. The van der Waals surface area contributed by atoms with Gasteiger partial charge in [-0.15, -0.1) is 0 Å². The number of benzene rings is 1. The summed E-state index contributed by atoms with van der Waals surface area (Å²) in [6, 6.07) is 5.72. The van der Waals surface area contributed by atoms with Crippen molar-refractivity contribution < 1.29 is 4.39 Å². The average molecular weight is 267 g/mol. The molecule has 1 aromatic rings. The molecule has 0 aliphatic rings. The SMILES string of the molecule is CCN(c1ccc(CCN)cc1F)C(C)CN(C)C. The molecule has 0 aliphatic heterocycles. The maximum Gasteiger partial charge on any atom is 0.146 e. The Balaban J connectivity index is 2.92. The summed E-state index contributed by atoms with van der Waals surface area (Å²) in [4.78, 5) is 4.22. The highest BCUT2D eigenvalue weighted by molar-refractivity contribution is 5.50. The second kappa shape index (κ2) is 7.46. The van der Waals surface area contributed by atoms with E-state index < -0.39 is 0 Å². The number of nitrogens with zero attached hydrogens (tertiary/aromatic N) is 2. The molecule has 0 aliphatic carbocycles. The van der Waals surface area contributed by atoms with Crippen LogP contribution in [0.25, 0.3) is 0 Å². The van der Waals surface area contributed by atoms with Gasteiger partial charge in [0, 0.05) is 19.1 Å².